The molecule has 0 fully saturated rings. The van der Waals surface area contributed by atoms with Crippen LogP contribution in [0.4, 0.5) is 0 Å². The van der Waals surface area contributed by atoms with Crippen LogP contribution >= 0.6 is 41.7 Å². The van der Waals surface area contributed by atoms with E-state index in [2.05, 4.69) is 19.9 Å². The molecule has 0 aliphatic carbocycles. The summed E-state index contributed by atoms with van der Waals surface area (Å²) in [4.78, 5) is 58.2. The number of hydrogen-bond donors (Lipinski definition) is 2. The lowest BCUT2D eigenvalue weighted by molar-refractivity contribution is 0.103. The summed E-state index contributed by atoms with van der Waals surface area (Å²) in [7, 11) is 14.8. The highest BCUT2D eigenvalue weighted by atomic mass is 35.8. The Balaban J connectivity index is 0.000000333. The van der Waals surface area contributed by atoms with Crippen molar-refractivity contribution in [2.45, 2.75) is 14.9 Å². The number of aromatic amines is 2. The maximum atomic E-state index is 12.4. The highest BCUT2D eigenvalue weighted by Gasteiger charge is 2.14. The Labute approximate surface area is 282 Å². The number of carbonyl (C=O) groups is 4. The van der Waals surface area contributed by atoms with E-state index in [0.29, 0.717) is 39.8 Å². The first-order valence-electron chi connectivity index (χ1n) is 12.3. The molecule has 0 saturated heterocycles. The Morgan fingerprint density at radius 1 is 0.711 bits per heavy atom. The fourth-order valence-corrected chi connectivity index (χ4v) is 3.79. The fraction of sp³-hybridized carbons (Fsp3) is 0.0625. The molecule has 0 aliphatic rings. The number of ketones is 1. The topological polar surface area (TPSA) is 126 Å². The summed E-state index contributed by atoms with van der Waals surface area (Å²) in [5.74, 6) is -0.122. The Kier molecular flexibility index (Phi) is 17.7. The summed E-state index contributed by atoms with van der Waals surface area (Å²) in [5, 5.41) is 1.40. The van der Waals surface area contributed by atoms with Crippen molar-refractivity contribution >= 4 is 98.8 Å². The van der Waals surface area contributed by atoms with E-state index in [1.807, 2.05) is 30.5 Å². The second kappa shape index (κ2) is 20.3. The quantitative estimate of drug-likeness (QED) is 0.0800. The molecule has 2 aromatic carbocycles. The van der Waals surface area contributed by atoms with E-state index in [0.717, 1.165) is 22.7 Å². The number of benzene rings is 2. The van der Waals surface area contributed by atoms with Crippen LogP contribution in [0.5, 0.6) is 0 Å². The maximum Gasteiger partial charge on any atom is 0.643 e. The molecule has 0 bridgehead atoms. The predicted molar refractivity (Wildman–Crippen MR) is 186 cm³/mol. The van der Waals surface area contributed by atoms with Gasteiger partial charge in [0.25, 0.3) is 5.24 Å². The largest absolute Gasteiger partial charge is 0.643 e. The van der Waals surface area contributed by atoms with E-state index in [-0.39, 0.29) is 20.6 Å². The molecule has 0 radical (unpaired) electrons. The van der Waals surface area contributed by atoms with Crippen LogP contribution in [0, 0.1) is 0 Å². The summed E-state index contributed by atoms with van der Waals surface area (Å²) in [6, 6.07) is 22.5. The van der Waals surface area contributed by atoms with Gasteiger partial charge < -0.3 is 9.97 Å². The second-order valence-corrected chi connectivity index (χ2v) is 15.1. The molecule has 0 atom stereocenters. The van der Waals surface area contributed by atoms with E-state index < -0.39 is 16.6 Å². The zero-order chi connectivity index (χ0) is 31.2. The first kappa shape index (κ1) is 39.2. The van der Waals surface area contributed by atoms with Gasteiger partial charge in [0.2, 0.25) is 0 Å². The van der Waals surface area contributed by atoms with Crippen LogP contribution in [0.3, 0.4) is 0 Å². The molecule has 6 aromatic rings. The van der Waals surface area contributed by atoms with Crippen molar-refractivity contribution in [1.82, 2.24) is 19.9 Å². The molecule has 8 nitrogen and oxygen atoms in total. The third-order valence-corrected chi connectivity index (χ3v) is 5.77. The van der Waals surface area contributed by atoms with Crippen molar-refractivity contribution < 1.29 is 19.2 Å². The standard InChI is InChI=1S/C15H10N2O2.C8H5ClO2.C7H6N2.2CH4.Al.3ClH/c18-9-10-3-1-4-11(7-10)14(19)13-8-17-15-12(13)5-2-6-16-15;9-8(11)7-3-1-2-6(4-7)5-10;1-2-6-3-5-9-7(6)8-4-1;;;;;;/h1-9H,(H,16,17);1-5H;1-5H,(H,8,9);2*1H4;;3*1H/q;;;;;+3;;;/p-3. The Morgan fingerprint density at radius 2 is 1.27 bits per heavy atom. The first-order chi connectivity index (χ1) is 20.7. The molecule has 45 heavy (non-hydrogen) atoms. The molecule has 0 amide bonds. The van der Waals surface area contributed by atoms with Gasteiger partial charge in [-0.05, 0) is 54.1 Å². The van der Waals surface area contributed by atoms with E-state index in [1.54, 1.807) is 67.1 Å². The maximum absolute atomic E-state index is 12.4. The van der Waals surface area contributed by atoms with Gasteiger partial charge >= 0.3 is 11.4 Å². The molecule has 4 heterocycles. The first-order valence-corrected chi connectivity index (χ1v) is 17.9. The normalized spacial score (nSPS) is 9.33. The highest BCUT2D eigenvalue weighted by molar-refractivity contribution is 7.54. The van der Waals surface area contributed by atoms with Crippen molar-refractivity contribution in [2.75, 3.05) is 0 Å². The minimum absolute atomic E-state index is 0. The molecule has 2 N–H and O–H groups in total. The molecule has 4 aromatic heterocycles. The van der Waals surface area contributed by atoms with Crippen molar-refractivity contribution in [3.63, 3.8) is 0 Å². The number of carbonyl (C=O) groups excluding carboxylic acids is 4. The van der Waals surface area contributed by atoms with Gasteiger partial charge in [-0.3, -0.25) is 19.2 Å². The molecular formula is C32H29AlCl4N4O4. The average molecular weight is 702 g/mol. The second-order valence-electron chi connectivity index (χ2n) is 8.36. The van der Waals surface area contributed by atoms with Crippen LogP contribution in [0.25, 0.3) is 22.1 Å². The van der Waals surface area contributed by atoms with Crippen LogP contribution in [0.1, 0.15) is 61.8 Å². The number of fused-ring (bicyclic) bond motifs is 2. The lowest BCUT2D eigenvalue weighted by Crippen LogP contribution is -2.01. The average Bonchev–Trinajstić information content (AvgIpc) is 3.69. The molecule has 0 unspecified atom stereocenters. The van der Waals surface area contributed by atoms with Crippen LogP contribution in [0.2, 0.25) is 0 Å². The van der Waals surface area contributed by atoms with Crippen LogP contribution in [0.15, 0.2) is 104 Å². The summed E-state index contributed by atoms with van der Waals surface area (Å²) in [5.41, 5.74) is 3.98. The number of hydrogen-bond acceptors (Lipinski definition) is 6. The minimum atomic E-state index is -1.72. The van der Waals surface area contributed by atoms with E-state index >= 15 is 0 Å². The Morgan fingerprint density at radius 3 is 1.84 bits per heavy atom. The number of nitrogens with zero attached hydrogens (tertiary/aromatic N) is 2. The third kappa shape index (κ3) is 12.2. The molecule has 232 valence electrons. The number of rotatable bonds is 5. The zero-order valence-corrected chi connectivity index (χ0v) is 26.3. The van der Waals surface area contributed by atoms with Crippen LogP contribution in [-0.2, 0) is 0 Å². The van der Waals surface area contributed by atoms with Gasteiger partial charge in [-0.2, -0.15) is 0 Å². The molecular weight excluding hydrogens is 673 g/mol. The number of pyridine rings is 2. The lowest BCUT2D eigenvalue weighted by atomic mass is 10.0. The summed E-state index contributed by atoms with van der Waals surface area (Å²) < 4.78 is 0. The summed E-state index contributed by atoms with van der Waals surface area (Å²) in [6.45, 7) is 0. The van der Waals surface area contributed by atoms with Crippen molar-refractivity contribution in [3.8, 4) is 0 Å². The predicted octanol–water partition coefficient (Wildman–Crippen LogP) is 9.01. The van der Waals surface area contributed by atoms with Gasteiger partial charge in [0, 0.05) is 63.4 Å². The number of H-pyrrole nitrogens is 2. The van der Waals surface area contributed by atoms with Crippen LogP contribution in [-0.4, -0.2) is 54.9 Å². The van der Waals surface area contributed by atoms with Gasteiger partial charge in [-0.1, -0.05) is 51.3 Å². The van der Waals surface area contributed by atoms with E-state index in [1.165, 1.54) is 6.07 Å². The van der Waals surface area contributed by atoms with Gasteiger partial charge in [0.15, 0.2) is 5.78 Å². The summed E-state index contributed by atoms with van der Waals surface area (Å²) >= 11 is 3.46. The molecule has 13 heteroatoms. The van der Waals surface area contributed by atoms with Gasteiger partial charge in [-0.15, -0.1) is 0 Å². The fourth-order valence-electron chi connectivity index (χ4n) is 3.67. The monoisotopic (exact) mass is 700 g/mol. The molecule has 0 saturated carbocycles. The Hall–Kier alpha value is -3.81. The number of aldehydes is 2. The SMILES string of the molecule is C.C.O=Cc1cccc(C(=O)Cl)c1.O=Cc1cccc(C(=O)c2c[nH]c3ncccc23)c1.[Cl][Al]([Cl])[Cl].c1cnc2[nH]ccc2c1. The van der Waals surface area contributed by atoms with Gasteiger partial charge in [0.05, 0.1) is 0 Å². The smallest absolute Gasteiger partial charge is 0.346 e. The van der Waals surface area contributed by atoms with Crippen molar-refractivity contribution in [3.05, 3.63) is 131 Å². The molecule has 0 aliphatic heterocycles. The van der Waals surface area contributed by atoms with Crippen molar-refractivity contribution in [1.29, 1.82) is 0 Å². The number of aromatic nitrogens is 4. The number of nitrogens with one attached hydrogen (secondary N) is 2. The number of halogens is 4. The molecule has 6 rings (SSSR count). The van der Waals surface area contributed by atoms with E-state index in [4.69, 9.17) is 41.7 Å². The lowest BCUT2D eigenvalue weighted by Gasteiger charge is -2.00. The Bertz CT molecular complexity index is 1810. The van der Waals surface area contributed by atoms with Gasteiger partial charge in [-0.25, -0.2) is 40.1 Å². The zero-order valence-electron chi connectivity index (χ0n) is 22.1. The third-order valence-electron chi connectivity index (χ3n) is 5.55. The highest BCUT2D eigenvalue weighted by Crippen LogP contribution is 2.19. The summed E-state index contributed by atoms with van der Waals surface area (Å²) in [6.07, 6.45) is 8.38. The van der Waals surface area contributed by atoms with E-state index in [9.17, 15) is 19.2 Å². The van der Waals surface area contributed by atoms with Gasteiger partial charge in [0.1, 0.15) is 23.9 Å². The van der Waals surface area contributed by atoms with Crippen LogP contribution < -0.4 is 0 Å². The van der Waals surface area contributed by atoms with Crippen molar-refractivity contribution in [2.24, 2.45) is 0 Å². The molecule has 0 spiro atoms. The minimum Gasteiger partial charge on any atom is -0.346 e.